The molecule has 1 heterocycles. The quantitative estimate of drug-likeness (QED) is 0.874. The molecule has 1 aliphatic heterocycles. The number of nitrogens with one attached hydrogen (secondary N) is 1. The molecule has 2 nitrogen and oxygen atoms in total. The highest BCUT2D eigenvalue weighted by Crippen LogP contribution is 2.30. The van der Waals surface area contributed by atoms with Crippen LogP contribution in [0.5, 0.6) is 0 Å². The molecule has 0 unspecified atom stereocenters. The molecule has 1 aromatic rings. The third kappa shape index (κ3) is 3.76. The van der Waals surface area contributed by atoms with Crippen LogP contribution in [-0.4, -0.2) is 19.6 Å². The third-order valence-electron chi connectivity index (χ3n) is 4.62. The van der Waals surface area contributed by atoms with Gasteiger partial charge in [0.1, 0.15) is 0 Å². The van der Waals surface area contributed by atoms with Gasteiger partial charge >= 0.3 is 0 Å². The van der Waals surface area contributed by atoms with Crippen LogP contribution in [0.25, 0.3) is 0 Å². The number of hydrogen-bond acceptors (Lipinski definition) is 2. The van der Waals surface area contributed by atoms with Crippen molar-refractivity contribution in [2.75, 3.05) is 24.5 Å². The summed E-state index contributed by atoms with van der Waals surface area (Å²) in [5.74, 6) is 1.74. The number of nitrogens with zero attached hydrogens (tertiary/aromatic N) is 1. The first-order chi connectivity index (χ1) is 9.61. The summed E-state index contributed by atoms with van der Waals surface area (Å²) in [6.45, 7) is 13.5. The van der Waals surface area contributed by atoms with Crippen LogP contribution in [0.15, 0.2) is 18.2 Å². The van der Waals surface area contributed by atoms with Gasteiger partial charge in [-0.2, -0.15) is 0 Å². The van der Waals surface area contributed by atoms with E-state index >= 15 is 0 Å². The number of rotatable bonds is 5. The fourth-order valence-corrected chi connectivity index (χ4v) is 3.23. The first-order valence-electron chi connectivity index (χ1n) is 8.17. The van der Waals surface area contributed by atoms with Crippen molar-refractivity contribution in [3.05, 3.63) is 29.3 Å². The maximum atomic E-state index is 3.47. The maximum absolute atomic E-state index is 3.47. The van der Waals surface area contributed by atoms with Crippen LogP contribution in [0.3, 0.4) is 0 Å². The summed E-state index contributed by atoms with van der Waals surface area (Å²) in [4.78, 5) is 2.59. The van der Waals surface area contributed by atoms with E-state index in [4.69, 9.17) is 0 Å². The van der Waals surface area contributed by atoms with Gasteiger partial charge in [0.05, 0.1) is 0 Å². The molecule has 1 saturated heterocycles. The van der Waals surface area contributed by atoms with Gasteiger partial charge in [-0.1, -0.05) is 38.5 Å². The molecule has 0 aromatic heterocycles. The van der Waals surface area contributed by atoms with E-state index < -0.39 is 0 Å². The summed E-state index contributed by atoms with van der Waals surface area (Å²) < 4.78 is 0. The average Bonchev–Trinajstić information content (AvgIpc) is 2.45. The number of hydrogen-bond donors (Lipinski definition) is 1. The van der Waals surface area contributed by atoms with Gasteiger partial charge in [-0.3, -0.25) is 0 Å². The van der Waals surface area contributed by atoms with Gasteiger partial charge in [0, 0.05) is 25.3 Å². The molecule has 0 spiro atoms. The van der Waals surface area contributed by atoms with E-state index in [1.807, 2.05) is 0 Å². The summed E-state index contributed by atoms with van der Waals surface area (Å²) in [5, 5.41) is 3.47. The van der Waals surface area contributed by atoms with Crippen LogP contribution in [-0.2, 0) is 6.54 Å². The van der Waals surface area contributed by atoms with Crippen molar-refractivity contribution >= 4 is 5.69 Å². The Morgan fingerprint density at radius 3 is 2.55 bits per heavy atom. The van der Waals surface area contributed by atoms with Crippen molar-refractivity contribution < 1.29 is 0 Å². The van der Waals surface area contributed by atoms with Gasteiger partial charge in [-0.05, 0) is 49.8 Å². The van der Waals surface area contributed by atoms with Crippen LogP contribution >= 0.6 is 0 Å². The van der Waals surface area contributed by atoms with Crippen LogP contribution in [0.2, 0.25) is 0 Å². The highest BCUT2D eigenvalue weighted by atomic mass is 15.1. The summed E-state index contributed by atoms with van der Waals surface area (Å²) in [6, 6.07) is 6.91. The molecular weight excluding hydrogens is 244 g/mol. The second kappa shape index (κ2) is 7.12. The highest BCUT2D eigenvalue weighted by molar-refractivity contribution is 5.55. The molecule has 2 heteroatoms. The minimum atomic E-state index is 0.830. The normalized spacial score (nSPS) is 16.9. The van der Waals surface area contributed by atoms with Gasteiger partial charge in [0.2, 0.25) is 0 Å². The summed E-state index contributed by atoms with van der Waals surface area (Å²) in [6.07, 6.45) is 2.68. The van der Waals surface area contributed by atoms with E-state index in [0.29, 0.717) is 0 Å². The molecule has 0 saturated carbocycles. The van der Waals surface area contributed by atoms with Crippen LogP contribution in [0.4, 0.5) is 5.69 Å². The molecule has 1 N–H and O–H groups in total. The number of piperidine rings is 1. The Morgan fingerprint density at radius 2 is 1.95 bits per heavy atom. The van der Waals surface area contributed by atoms with Crippen molar-refractivity contribution in [3.63, 3.8) is 0 Å². The third-order valence-corrected chi connectivity index (χ3v) is 4.62. The molecule has 0 amide bonds. The lowest BCUT2D eigenvalue weighted by molar-refractivity contribution is 0.311. The zero-order valence-electron chi connectivity index (χ0n) is 13.6. The molecule has 1 fully saturated rings. The van der Waals surface area contributed by atoms with Crippen molar-refractivity contribution in [2.24, 2.45) is 11.8 Å². The standard InChI is InChI=1S/C18H30N2/c1-5-19-13-17-12-15(4)6-7-18(17)20-10-8-16(9-11-20)14(2)3/h6-7,12,14,16,19H,5,8-11,13H2,1-4H3. The van der Waals surface area contributed by atoms with Crippen molar-refractivity contribution in [1.29, 1.82) is 0 Å². The molecule has 112 valence electrons. The first-order valence-corrected chi connectivity index (χ1v) is 8.17. The van der Waals surface area contributed by atoms with E-state index in [9.17, 15) is 0 Å². The van der Waals surface area contributed by atoms with Crippen molar-refractivity contribution in [3.8, 4) is 0 Å². The minimum Gasteiger partial charge on any atom is -0.371 e. The van der Waals surface area contributed by atoms with Crippen LogP contribution < -0.4 is 10.2 Å². The number of benzene rings is 1. The molecule has 0 radical (unpaired) electrons. The topological polar surface area (TPSA) is 15.3 Å². The van der Waals surface area contributed by atoms with E-state index in [2.05, 4.69) is 56.1 Å². The molecular formula is C18H30N2. The zero-order chi connectivity index (χ0) is 14.5. The minimum absolute atomic E-state index is 0.830. The Hall–Kier alpha value is -1.02. The molecule has 0 bridgehead atoms. The monoisotopic (exact) mass is 274 g/mol. The fourth-order valence-electron chi connectivity index (χ4n) is 3.23. The van der Waals surface area contributed by atoms with Gasteiger partial charge < -0.3 is 10.2 Å². The van der Waals surface area contributed by atoms with E-state index in [1.165, 1.54) is 42.7 Å². The maximum Gasteiger partial charge on any atom is 0.0412 e. The van der Waals surface area contributed by atoms with Crippen molar-refractivity contribution in [2.45, 2.75) is 47.1 Å². The Morgan fingerprint density at radius 1 is 1.25 bits per heavy atom. The SMILES string of the molecule is CCNCc1cc(C)ccc1N1CCC(C(C)C)CC1. The lowest BCUT2D eigenvalue weighted by atomic mass is 9.86. The van der Waals surface area contributed by atoms with E-state index in [-0.39, 0.29) is 0 Å². The van der Waals surface area contributed by atoms with Gasteiger partial charge in [0.15, 0.2) is 0 Å². The van der Waals surface area contributed by atoms with Gasteiger partial charge in [0.25, 0.3) is 0 Å². The van der Waals surface area contributed by atoms with Crippen molar-refractivity contribution in [1.82, 2.24) is 5.32 Å². The molecule has 0 aliphatic carbocycles. The second-order valence-corrected chi connectivity index (χ2v) is 6.48. The lowest BCUT2D eigenvalue weighted by Crippen LogP contribution is -2.36. The zero-order valence-corrected chi connectivity index (χ0v) is 13.6. The Bertz CT molecular complexity index is 417. The largest absolute Gasteiger partial charge is 0.371 e. The molecule has 1 aliphatic rings. The number of anilines is 1. The Labute approximate surface area is 124 Å². The first kappa shape index (κ1) is 15.4. The Balaban J connectivity index is 2.08. The Kier molecular flexibility index (Phi) is 5.47. The van der Waals surface area contributed by atoms with E-state index in [1.54, 1.807) is 0 Å². The molecule has 2 rings (SSSR count). The summed E-state index contributed by atoms with van der Waals surface area (Å²) in [7, 11) is 0. The average molecular weight is 274 g/mol. The van der Waals surface area contributed by atoms with E-state index in [0.717, 1.165) is 24.9 Å². The number of aryl methyl sites for hydroxylation is 1. The lowest BCUT2D eigenvalue weighted by Gasteiger charge is -2.36. The predicted octanol–water partition coefficient (Wildman–Crippen LogP) is 3.98. The molecule has 20 heavy (non-hydrogen) atoms. The highest BCUT2D eigenvalue weighted by Gasteiger charge is 2.22. The van der Waals surface area contributed by atoms with Gasteiger partial charge in [-0.25, -0.2) is 0 Å². The smallest absolute Gasteiger partial charge is 0.0412 e. The fraction of sp³-hybridized carbons (Fsp3) is 0.667. The summed E-state index contributed by atoms with van der Waals surface area (Å²) >= 11 is 0. The second-order valence-electron chi connectivity index (χ2n) is 6.48. The van der Waals surface area contributed by atoms with Crippen LogP contribution in [0, 0.1) is 18.8 Å². The predicted molar refractivity (Wildman–Crippen MR) is 88.3 cm³/mol. The molecule has 0 atom stereocenters. The van der Waals surface area contributed by atoms with Crippen LogP contribution in [0.1, 0.15) is 44.7 Å². The summed E-state index contributed by atoms with van der Waals surface area (Å²) in [5.41, 5.74) is 4.26. The molecule has 1 aromatic carbocycles. The van der Waals surface area contributed by atoms with Gasteiger partial charge in [-0.15, -0.1) is 0 Å².